The molecule has 1 heterocycles. The summed E-state index contributed by atoms with van der Waals surface area (Å²) in [7, 11) is 0. The summed E-state index contributed by atoms with van der Waals surface area (Å²) in [6.07, 6.45) is 1.53. The van der Waals surface area contributed by atoms with E-state index in [1.165, 1.54) is 6.07 Å². The van der Waals surface area contributed by atoms with Gasteiger partial charge < -0.3 is 4.90 Å². The topological polar surface area (TPSA) is 87.2 Å². The molecule has 0 spiro atoms. The molecule has 1 aromatic carbocycles. The predicted octanol–water partition coefficient (Wildman–Crippen LogP) is 2.28. The Labute approximate surface area is 116 Å². The van der Waals surface area contributed by atoms with Crippen LogP contribution >= 0.6 is 0 Å². The third-order valence-electron chi connectivity index (χ3n) is 3.55. The van der Waals surface area contributed by atoms with Gasteiger partial charge in [-0.25, -0.2) is 0 Å². The van der Waals surface area contributed by atoms with E-state index in [0.717, 1.165) is 12.8 Å². The smallest absolute Gasteiger partial charge is 0.282 e. The SMILES string of the molecule is Cc1cccc([N+](=O)[O-])c1C(=O)N1CCCC(C#N)C1. The first kappa shape index (κ1) is 14.0. The van der Waals surface area contributed by atoms with Crippen molar-refractivity contribution in [1.29, 1.82) is 5.26 Å². The number of hydrogen-bond donors (Lipinski definition) is 0. The molecule has 0 radical (unpaired) electrons. The fourth-order valence-electron chi connectivity index (χ4n) is 2.51. The van der Waals surface area contributed by atoms with Gasteiger partial charge in [-0.2, -0.15) is 5.26 Å². The highest BCUT2D eigenvalue weighted by atomic mass is 16.6. The number of piperidine rings is 1. The average Bonchev–Trinajstić information content (AvgIpc) is 2.46. The van der Waals surface area contributed by atoms with Crippen LogP contribution < -0.4 is 0 Å². The Morgan fingerprint density at radius 2 is 2.30 bits per heavy atom. The van der Waals surface area contributed by atoms with Gasteiger partial charge in [0.05, 0.1) is 16.9 Å². The molecular weight excluding hydrogens is 258 g/mol. The van der Waals surface area contributed by atoms with Crippen molar-refractivity contribution >= 4 is 11.6 Å². The summed E-state index contributed by atoms with van der Waals surface area (Å²) >= 11 is 0. The number of carbonyl (C=O) groups excluding carboxylic acids is 1. The van der Waals surface area contributed by atoms with Crippen LogP contribution in [0.5, 0.6) is 0 Å². The number of likely N-dealkylation sites (tertiary alicyclic amines) is 1. The lowest BCUT2D eigenvalue weighted by atomic mass is 9.97. The Balaban J connectivity index is 2.34. The fraction of sp³-hybridized carbons (Fsp3) is 0.429. The van der Waals surface area contributed by atoms with E-state index in [4.69, 9.17) is 5.26 Å². The highest BCUT2D eigenvalue weighted by Crippen LogP contribution is 2.26. The van der Waals surface area contributed by atoms with Crippen LogP contribution in [0.3, 0.4) is 0 Å². The van der Waals surface area contributed by atoms with E-state index in [2.05, 4.69) is 6.07 Å². The highest BCUT2D eigenvalue weighted by Gasteiger charge is 2.29. The van der Waals surface area contributed by atoms with Gasteiger partial charge in [-0.05, 0) is 25.3 Å². The molecule has 1 aliphatic rings. The normalized spacial score (nSPS) is 18.4. The molecule has 6 heteroatoms. The summed E-state index contributed by atoms with van der Waals surface area (Å²) in [5.74, 6) is -0.537. The van der Waals surface area contributed by atoms with E-state index in [9.17, 15) is 14.9 Å². The van der Waals surface area contributed by atoms with E-state index in [-0.39, 0.29) is 23.1 Å². The van der Waals surface area contributed by atoms with E-state index < -0.39 is 4.92 Å². The third kappa shape index (κ3) is 2.62. The lowest BCUT2D eigenvalue weighted by molar-refractivity contribution is -0.385. The van der Waals surface area contributed by atoms with Gasteiger partial charge in [-0.1, -0.05) is 12.1 Å². The third-order valence-corrected chi connectivity index (χ3v) is 3.55. The van der Waals surface area contributed by atoms with Gasteiger partial charge in [-0.15, -0.1) is 0 Å². The molecule has 1 aromatic rings. The fourth-order valence-corrected chi connectivity index (χ4v) is 2.51. The number of amides is 1. The van der Waals surface area contributed by atoms with E-state index in [1.807, 2.05) is 0 Å². The minimum atomic E-state index is -0.536. The maximum atomic E-state index is 12.5. The summed E-state index contributed by atoms with van der Waals surface area (Å²) in [5.41, 5.74) is 0.549. The van der Waals surface area contributed by atoms with Crippen molar-refractivity contribution in [2.45, 2.75) is 19.8 Å². The van der Waals surface area contributed by atoms with Gasteiger partial charge in [0.1, 0.15) is 5.56 Å². The van der Waals surface area contributed by atoms with Crippen LogP contribution in [0.15, 0.2) is 18.2 Å². The van der Waals surface area contributed by atoms with Gasteiger partial charge in [0.15, 0.2) is 0 Å². The van der Waals surface area contributed by atoms with Crippen molar-refractivity contribution in [2.75, 3.05) is 13.1 Å². The number of nitrogens with zero attached hydrogens (tertiary/aromatic N) is 3. The molecule has 1 atom stereocenters. The summed E-state index contributed by atoms with van der Waals surface area (Å²) in [4.78, 5) is 24.6. The van der Waals surface area contributed by atoms with Crippen LogP contribution in [-0.2, 0) is 0 Å². The first-order chi connectivity index (χ1) is 9.54. The van der Waals surface area contributed by atoms with E-state index >= 15 is 0 Å². The summed E-state index contributed by atoms with van der Waals surface area (Å²) in [6.45, 7) is 2.58. The van der Waals surface area contributed by atoms with Gasteiger partial charge in [-0.3, -0.25) is 14.9 Å². The molecule has 1 saturated heterocycles. The number of rotatable bonds is 2. The molecule has 104 valence electrons. The molecule has 0 saturated carbocycles. The van der Waals surface area contributed by atoms with Crippen LogP contribution in [0.2, 0.25) is 0 Å². The zero-order valence-corrected chi connectivity index (χ0v) is 11.2. The molecule has 1 unspecified atom stereocenters. The zero-order chi connectivity index (χ0) is 14.7. The first-order valence-corrected chi connectivity index (χ1v) is 6.47. The summed E-state index contributed by atoms with van der Waals surface area (Å²) in [5, 5.41) is 20.0. The van der Waals surface area contributed by atoms with Crippen LogP contribution in [0, 0.1) is 34.3 Å². The van der Waals surface area contributed by atoms with Crippen molar-refractivity contribution in [3.05, 3.63) is 39.4 Å². The van der Waals surface area contributed by atoms with Crippen molar-refractivity contribution in [1.82, 2.24) is 4.90 Å². The standard InChI is InChI=1S/C14H15N3O3/c1-10-4-2-6-12(17(19)20)13(10)14(18)16-7-3-5-11(8-15)9-16/h2,4,6,11H,3,5,7,9H2,1H3. The van der Waals surface area contributed by atoms with Crippen LogP contribution in [0.1, 0.15) is 28.8 Å². The minimum Gasteiger partial charge on any atom is -0.337 e. The van der Waals surface area contributed by atoms with E-state index in [0.29, 0.717) is 18.7 Å². The van der Waals surface area contributed by atoms with Gasteiger partial charge in [0.25, 0.3) is 11.6 Å². The molecular formula is C14H15N3O3. The largest absolute Gasteiger partial charge is 0.337 e. The van der Waals surface area contributed by atoms with E-state index in [1.54, 1.807) is 24.0 Å². The molecule has 6 nitrogen and oxygen atoms in total. The molecule has 0 bridgehead atoms. The van der Waals surface area contributed by atoms with Crippen molar-refractivity contribution in [3.8, 4) is 6.07 Å². The van der Waals surface area contributed by atoms with Gasteiger partial charge in [0, 0.05) is 19.2 Å². The molecule has 1 amide bonds. The second-order valence-electron chi connectivity index (χ2n) is 4.95. The van der Waals surface area contributed by atoms with Crippen molar-refractivity contribution < 1.29 is 9.72 Å². The van der Waals surface area contributed by atoms with Crippen LogP contribution in [-0.4, -0.2) is 28.8 Å². The maximum absolute atomic E-state index is 12.5. The number of aryl methyl sites for hydroxylation is 1. The maximum Gasteiger partial charge on any atom is 0.282 e. The Bertz CT molecular complexity index is 592. The Morgan fingerprint density at radius 1 is 1.55 bits per heavy atom. The molecule has 20 heavy (non-hydrogen) atoms. The quantitative estimate of drug-likeness (QED) is 0.611. The van der Waals surface area contributed by atoms with Crippen LogP contribution in [0.25, 0.3) is 0 Å². The highest BCUT2D eigenvalue weighted by molar-refractivity contribution is 5.99. The number of hydrogen-bond acceptors (Lipinski definition) is 4. The van der Waals surface area contributed by atoms with Crippen LogP contribution in [0.4, 0.5) is 5.69 Å². The van der Waals surface area contributed by atoms with Gasteiger partial charge in [0.2, 0.25) is 0 Å². The molecule has 2 rings (SSSR count). The average molecular weight is 273 g/mol. The number of nitro benzene ring substituents is 1. The Kier molecular flexibility index (Phi) is 3.99. The number of nitriles is 1. The first-order valence-electron chi connectivity index (χ1n) is 6.47. The molecule has 0 aromatic heterocycles. The number of carbonyl (C=O) groups is 1. The zero-order valence-electron chi connectivity index (χ0n) is 11.2. The van der Waals surface area contributed by atoms with Crippen molar-refractivity contribution in [2.24, 2.45) is 5.92 Å². The van der Waals surface area contributed by atoms with Gasteiger partial charge >= 0.3 is 0 Å². The summed E-state index contributed by atoms with van der Waals surface area (Å²) in [6, 6.07) is 6.76. The Morgan fingerprint density at radius 3 is 2.95 bits per heavy atom. The number of nitro groups is 1. The molecule has 1 fully saturated rings. The predicted molar refractivity (Wildman–Crippen MR) is 72.1 cm³/mol. The minimum absolute atomic E-state index is 0.135. The summed E-state index contributed by atoms with van der Waals surface area (Å²) < 4.78 is 0. The lowest BCUT2D eigenvalue weighted by Gasteiger charge is -2.29. The molecule has 0 aliphatic carbocycles. The lowest BCUT2D eigenvalue weighted by Crippen LogP contribution is -2.40. The Hall–Kier alpha value is -2.42. The van der Waals surface area contributed by atoms with Crippen molar-refractivity contribution in [3.63, 3.8) is 0 Å². The number of benzene rings is 1. The second-order valence-corrected chi connectivity index (χ2v) is 4.95. The monoisotopic (exact) mass is 273 g/mol. The second kappa shape index (κ2) is 5.70. The molecule has 1 aliphatic heterocycles. The molecule has 0 N–H and O–H groups in total.